The zero-order valence-corrected chi connectivity index (χ0v) is 16.7. The van der Waals surface area contributed by atoms with E-state index in [2.05, 4.69) is 21.2 Å². The minimum absolute atomic E-state index is 0.135. The first kappa shape index (κ1) is 19.0. The smallest absolute Gasteiger partial charge is 0.287 e. The molecule has 2 aromatic carbocycles. The van der Waals surface area contributed by atoms with E-state index in [0.717, 1.165) is 10.0 Å². The molecule has 6 heteroatoms. The third-order valence-corrected chi connectivity index (χ3v) is 4.57. The molecule has 0 spiro atoms. The number of amides is 1. The lowest BCUT2D eigenvalue weighted by Crippen LogP contribution is -2.26. The first-order valence-corrected chi connectivity index (χ1v) is 9.27. The number of methoxy groups -OCH3 is 1. The third-order valence-electron chi connectivity index (χ3n) is 4.04. The molecular weight excluding hydrogens is 410 g/mol. The van der Waals surface area contributed by atoms with Crippen LogP contribution in [-0.2, 0) is 6.61 Å². The Bertz CT molecular complexity index is 905. The van der Waals surface area contributed by atoms with E-state index in [-0.39, 0.29) is 24.3 Å². The molecule has 1 aromatic heterocycles. The predicted octanol–water partition coefficient (Wildman–Crippen LogP) is 5.12. The number of hydrogen-bond acceptors (Lipinski definition) is 4. The Labute approximate surface area is 166 Å². The van der Waals surface area contributed by atoms with E-state index in [0.29, 0.717) is 17.3 Å². The molecule has 27 heavy (non-hydrogen) atoms. The summed E-state index contributed by atoms with van der Waals surface area (Å²) >= 11 is 3.40. The van der Waals surface area contributed by atoms with Crippen LogP contribution in [0.1, 0.15) is 34.8 Å². The fraction of sp³-hybridized carbons (Fsp3) is 0.190. The predicted molar refractivity (Wildman–Crippen MR) is 106 cm³/mol. The van der Waals surface area contributed by atoms with E-state index in [9.17, 15) is 4.79 Å². The maximum absolute atomic E-state index is 12.4. The molecule has 1 heterocycles. The molecular formula is C21H20BrNO4. The van der Waals surface area contributed by atoms with Gasteiger partial charge in [-0.15, -0.1) is 0 Å². The highest BCUT2D eigenvalue weighted by Gasteiger charge is 2.15. The monoisotopic (exact) mass is 429 g/mol. The van der Waals surface area contributed by atoms with Crippen LogP contribution >= 0.6 is 15.9 Å². The summed E-state index contributed by atoms with van der Waals surface area (Å²) in [4.78, 5) is 12.4. The van der Waals surface area contributed by atoms with Gasteiger partial charge in [-0.25, -0.2) is 0 Å². The van der Waals surface area contributed by atoms with E-state index in [1.807, 2.05) is 55.5 Å². The second-order valence-corrected chi connectivity index (χ2v) is 6.87. The summed E-state index contributed by atoms with van der Waals surface area (Å²) in [7, 11) is 1.59. The zero-order chi connectivity index (χ0) is 19.2. The summed E-state index contributed by atoms with van der Waals surface area (Å²) in [6, 6.07) is 18.4. The van der Waals surface area contributed by atoms with Gasteiger partial charge in [0.2, 0.25) is 0 Å². The van der Waals surface area contributed by atoms with Crippen LogP contribution in [0.3, 0.4) is 0 Å². The Morgan fingerprint density at radius 1 is 1.07 bits per heavy atom. The maximum Gasteiger partial charge on any atom is 0.287 e. The van der Waals surface area contributed by atoms with Gasteiger partial charge < -0.3 is 19.2 Å². The molecule has 0 bridgehead atoms. The van der Waals surface area contributed by atoms with E-state index in [1.54, 1.807) is 19.2 Å². The van der Waals surface area contributed by atoms with Gasteiger partial charge in [0.25, 0.3) is 5.91 Å². The van der Waals surface area contributed by atoms with E-state index in [1.165, 1.54) is 0 Å². The number of carbonyl (C=O) groups excluding carboxylic acids is 1. The fourth-order valence-corrected chi connectivity index (χ4v) is 2.83. The molecule has 3 aromatic rings. The van der Waals surface area contributed by atoms with Gasteiger partial charge in [-0.3, -0.25) is 4.79 Å². The van der Waals surface area contributed by atoms with Crippen molar-refractivity contribution in [2.75, 3.05) is 7.11 Å². The van der Waals surface area contributed by atoms with Crippen LogP contribution in [0.25, 0.3) is 0 Å². The second-order valence-electron chi connectivity index (χ2n) is 5.95. The van der Waals surface area contributed by atoms with Crippen LogP contribution in [0.2, 0.25) is 0 Å². The first-order chi connectivity index (χ1) is 13.1. The zero-order valence-electron chi connectivity index (χ0n) is 15.1. The summed E-state index contributed by atoms with van der Waals surface area (Å²) in [5.74, 6) is 1.80. The van der Waals surface area contributed by atoms with Crippen molar-refractivity contribution in [1.29, 1.82) is 0 Å². The molecule has 1 amide bonds. The summed E-state index contributed by atoms with van der Waals surface area (Å²) in [6.07, 6.45) is 0. The summed E-state index contributed by atoms with van der Waals surface area (Å²) < 4.78 is 17.6. The molecule has 3 rings (SSSR count). The molecule has 140 valence electrons. The van der Waals surface area contributed by atoms with Crippen molar-refractivity contribution >= 4 is 21.8 Å². The standard InChI is InChI=1S/C21H20BrNO4/c1-14(15-7-9-16(22)10-8-15)23-21(24)20-12-11-17(27-20)13-26-19-6-4-3-5-18(19)25-2/h3-12,14H,13H2,1-2H3,(H,23,24). The quantitative estimate of drug-likeness (QED) is 0.565. The fourth-order valence-electron chi connectivity index (χ4n) is 2.57. The van der Waals surface area contributed by atoms with Crippen molar-refractivity contribution in [2.45, 2.75) is 19.6 Å². The van der Waals surface area contributed by atoms with Crippen molar-refractivity contribution in [3.63, 3.8) is 0 Å². The summed E-state index contributed by atoms with van der Waals surface area (Å²) in [6.45, 7) is 2.13. The average Bonchev–Trinajstić information content (AvgIpc) is 3.16. The van der Waals surface area contributed by atoms with Gasteiger partial charge in [-0.2, -0.15) is 0 Å². The van der Waals surface area contributed by atoms with Crippen LogP contribution in [0, 0.1) is 0 Å². The molecule has 0 aliphatic rings. The Kier molecular flexibility index (Phi) is 6.19. The summed E-state index contributed by atoms with van der Waals surface area (Å²) in [5.41, 5.74) is 1.01. The average molecular weight is 430 g/mol. The van der Waals surface area contributed by atoms with E-state index in [4.69, 9.17) is 13.9 Å². The largest absolute Gasteiger partial charge is 0.493 e. The lowest BCUT2D eigenvalue weighted by atomic mass is 10.1. The maximum atomic E-state index is 12.4. The molecule has 0 radical (unpaired) electrons. The van der Waals surface area contributed by atoms with Crippen molar-refractivity contribution in [1.82, 2.24) is 5.32 Å². The molecule has 0 saturated carbocycles. The second kappa shape index (κ2) is 8.77. The van der Waals surface area contributed by atoms with Crippen LogP contribution < -0.4 is 14.8 Å². The Morgan fingerprint density at radius 2 is 1.78 bits per heavy atom. The van der Waals surface area contributed by atoms with Gasteiger partial charge in [-0.1, -0.05) is 40.2 Å². The number of para-hydroxylation sites is 2. The van der Waals surface area contributed by atoms with Crippen molar-refractivity contribution < 1.29 is 18.7 Å². The number of hydrogen-bond donors (Lipinski definition) is 1. The number of nitrogens with one attached hydrogen (secondary N) is 1. The lowest BCUT2D eigenvalue weighted by Gasteiger charge is -2.13. The Morgan fingerprint density at radius 3 is 2.48 bits per heavy atom. The lowest BCUT2D eigenvalue weighted by molar-refractivity contribution is 0.0907. The Balaban J connectivity index is 1.59. The first-order valence-electron chi connectivity index (χ1n) is 8.47. The normalized spacial score (nSPS) is 11.7. The number of benzene rings is 2. The van der Waals surface area contributed by atoms with Crippen molar-refractivity contribution in [3.05, 3.63) is 82.2 Å². The van der Waals surface area contributed by atoms with Gasteiger partial charge in [-0.05, 0) is 48.9 Å². The molecule has 5 nitrogen and oxygen atoms in total. The molecule has 0 aliphatic carbocycles. The highest BCUT2D eigenvalue weighted by atomic mass is 79.9. The van der Waals surface area contributed by atoms with Gasteiger partial charge in [0.05, 0.1) is 13.2 Å². The third kappa shape index (κ3) is 4.92. The van der Waals surface area contributed by atoms with Gasteiger partial charge in [0, 0.05) is 4.47 Å². The van der Waals surface area contributed by atoms with Crippen molar-refractivity contribution in [3.8, 4) is 11.5 Å². The van der Waals surface area contributed by atoms with Crippen LogP contribution in [0.15, 0.2) is 69.6 Å². The molecule has 1 N–H and O–H groups in total. The summed E-state index contributed by atoms with van der Waals surface area (Å²) in [5, 5.41) is 2.93. The van der Waals surface area contributed by atoms with Crippen molar-refractivity contribution in [2.24, 2.45) is 0 Å². The molecule has 0 fully saturated rings. The van der Waals surface area contributed by atoms with Crippen LogP contribution in [-0.4, -0.2) is 13.0 Å². The topological polar surface area (TPSA) is 60.7 Å². The number of halogens is 1. The molecule has 1 atom stereocenters. The minimum Gasteiger partial charge on any atom is -0.493 e. The molecule has 1 unspecified atom stereocenters. The van der Waals surface area contributed by atoms with Gasteiger partial charge >= 0.3 is 0 Å². The highest BCUT2D eigenvalue weighted by molar-refractivity contribution is 9.10. The number of furan rings is 1. The van der Waals surface area contributed by atoms with E-state index < -0.39 is 0 Å². The van der Waals surface area contributed by atoms with E-state index >= 15 is 0 Å². The SMILES string of the molecule is COc1ccccc1OCc1ccc(C(=O)NC(C)c2ccc(Br)cc2)o1. The number of ether oxygens (including phenoxy) is 2. The van der Waals surface area contributed by atoms with Crippen LogP contribution in [0.5, 0.6) is 11.5 Å². The number of carbonyl (C=O) groups is 1. The molecule has 0 aliphatic heterocycles. The number of rotatable bonds is 7. The van der Waals surface area contributed by atoms with Gasteiger partial charge in [0.15, 0.2) is 17.3 Å². The highest BCUT2D eigenvalue weighted by Crippen LogP contribution is 2.27. The molecule has 0 saturated heterocycles. The minimum atomic E-state index is -0.269. The van der Waals surface area contributed by atoms with Crippen LogP contribution in [0.4, 0.5) is 0 Å². The van der Waals surface area contributed by atoms with Gasteiger partial charge in [0.1, 0.15) is 12.4 Å². The Hall–Kier alpha value is -2.73.